The number of sulfonamides is 1. The maximum Gasteiger partial charge on any atom is 0.216 e. The molecular weight excluding hydrogens is 288 g/mol. The SMILES string of the molecule is CC(Cc1ccco1)NS(=O)(=O)Cc1ccccc1CN. The van der Waals surface area contributed by atoms with Crippen LogP contribution in [0, 0.1) is 0 Å². The molecule has 0 spiro atoms. The molecule has 2 rings (SSSR count). The second-order valence-corrected chi connectivity index (χ2v) is 6.79. The Bertz CT molecular complexity index is 666. The second kappa shape index (κ2) is 6.89. The van der Waals surface area contributed by atoms with Crippen molar-refractivity contribution in [3.63, 3.8) is 0 Å². The van der Waals surface area contributed by atoms with Crippen LogP contribution < -0.4 is 10.5 Å². The fourth-order valence-corrected chi connectivity index (χ4v) is 3.69. The first-order valence-electron chi connectivity index (χ1n) is 6.79. The quantitative estimate of drug-likeness (QED) is 0.816. The lowest BCUT2D eigenvalue weighted by atomic mass is 10.1. The van der Waals surface area contributed by atoms with E-state index in [1.54, 1.807) is 18.4 Å². The highest BCUT2D eigenvalue weighted by Gasteiger charge is 2.17. The molecule has 0 saturated carbocycles. The Morgan fingerprint density at radius 3 is 2.52 bits per heavy atom. The molecule has 3 N–H and O–H groups in total. The van der Waals surface area contributed by atoms with Crippen molar-refractivity contribution in [2.45, 2.75) is 31.7 Å². The average Bonchev–Trinajstić information content (AvgIpc) is 2.90. The van der Waals surface area contributed by atoms with Crippen molar-refractivity contribution in [1.82, 2.24) is 4.72 Å². The van der Waals surface area contributed by atoms with Gasteiger partial charge >= 0.3 is 0 Å². The molecule has 1 unspecified atom stereocenters. The smallest absolute Gasteiger partial charge is 0.216 e. The molecule has 0 amide bonds. The van der Waals surface area contributed by atoms with E-state index in [0.717, 1.165) is 16.9 Å². The number of hydrogen-bond acceptors (Lipinski definition) is 4. The van der Waals surface area contributed by atoms with Gasteiger partial charge in [-0.05, 0) is 30.2 Å². The monoisotopic (exact) mass is 308 g/mol. The molecule has 2 aromatic rings. The van der Waals surface area contributed by atoms with E-state index in [1.807, 2.05) is 31.2 Å². The zero-order valence-electron chi connectivity index (χ0n) is 12.0. The van der Waals surface area contributed by atoms with E-state index in [1.165, 1.54) is 0 Å². The third-order valence-corrected chi connectivity index (χ3v) is 4.60. The summed E-state index contributed by atoms with van der Waals surface area (Å²) in [6, 6.07) is 10.7. The van der Waals surface area contributed by atoms with Crippen molar-refractivity contribution in [3.8, 4) is 0 Å². The Morgan fingerprint density at radius 1 is 1.19 bits per heavy atom. The minimum absolute atomic E-state index is 0.0666. The van der Waals surface area contributed by atoms with Gasteiger partial charge in [0.25, 0.3) is 0 Å². The van der Waals surface area contributed by atoms with Gasteiger partial charge in [0.15, 0.2) is 0 Å². The predicted octanol–water partition coefficient (Wildman–Crippen LogP) is 1.79. The Labute approximate surface area is 125 Å². The van der Waals surface area contributed by atoms with Crippen LogP contribution in [0.1, 0.15) is 23.8 Å². The highest BCUT2D eigenvalue weighted by molar-refractivity contribution is 7.88. The molecule has 1 heterocycles. The summed E-state index contributed by atoms with van der Waals surface area (Å²) >= 11 is 0. The first kappa shape index (κ1) is 15.8. The van der Waals surface area contributed by atoms with Crippen LogP contribution in [0.25, 0.3) is 0 Å². The van der Waals surface area contributed by atoms with Gasteiger partial charge in [-0.2, -0.15) is 0 Å². The zero-order valence-corrected chi connectivity index (χ0v) is 12.8. The second-order valence-electron chi connectivity index (χ2n) is 5.03. The van der Waals surface area contributed by atoms with Crippen molar-refractivity contribution in [2.75, 3.05) is 0 Å². The Hall–Kier alpha value is -1.63. The zero-order chi connectivity index (χ0) is 15.3. The molecule has 21 heavy (non-hydrogen) atoms. The molecule has 5 nitrogen and oxygen atoms in total. The Morgan fingerprint density at radius 2 is 1.90 bits per heavy atom. The summed E-state index contributed by atoms with van der Waals surface area (Å²) in [6.45, 7) is 2.14. The van der Waals surface area contributed by atoms with Crippen molar-refractivity contribution in [1.29, 1.82) is 0 Å². The van der Waals surface area contributed by atoms with Crippen molar-refractivity contribution < 1.29 is 12.8 Å². The van der Waals surface area contributed by atoms with Crippen molar-refractivity contribution >= 4 is 10.0 Å². The molecule has 1 aromatic heterocycles. The lowest BCUT2D eigenvalue weighted by Gasteiger charge is -2.14. The van der Waals surface area contributed by atoms with Crippen LogP contribution in [0.2, 0.25) is 0 Å². The van der Waals surface area contributed by atoms with E-state index in [-0.39, 0.29) is 11.8 Å². The van der Waals surface area contributed by atoms with E-state index in [0.29, 0.717) is 13.0 Å². The van der Waals surface area contributed by atoms with Crippen LogP contribution in [0.15, 0.2) is 47.1 Å². The largest absolute Gasteiger partial charge is 0.469 e. The minimum atomic E-state index is -3.42. The highest BCUT2D eigenvalue weighted by Crippen LogP contribution is 2.12. The summed E-state index contributed by atoms with van der Waals surface area (Å²) in [5.74, 6) is 0.690. The number of nitrogens with two attached hydrogens (primary N) is 1. The molecule has 0 aliphatic rings. The lowest BCUT2D eigenvalue weighted by molar-refractivity contribution is 0.479. The molecule has 1 aromatic carbocycles. The minimum Gasteiger partial charge on any atom is -0.469 e. The van der Waals surface area contributed by atoms with Crippen LogP contribution in [0.4, 0.5) is 0 Å². The molecule has 0 saturated heterocycles. The number of furan rings is 1. The Balaban J connectivity index is 2.01. The number of benzene rings is 1. The summed E-state index contributed by atoms with van der Waals surface area (Å²) in [5.41, 5.74) is 7.22. The third-order valence-electron chi connectivity index (χ3n) is 3.15. The van der Waals surface area contributed by atoms with Gasteiger partial charge in [-0.15, -0.1) is 0 Å². The fraction of sp³-hybridized carbons (Fsp3) is 0.333. The van der Waals surface area contributed by atoms with E-state index < -0.39 is 10.0 Å². The number of nitrogens with one attached hydrogen (secondary N) is 1. The van der Waals surface area contributed by atoms with Gasteiger partial charge in [0.2, 0.25) is 10.0 Å². The summed E-state index contributed by atoms with van der Waals surface area (Å²) < 4.78 is 32.3. The van der Waals surface area contributed by atoms with E-state index in [4.69, 9.17) is 10.2 Å². The predicted molar refractivity (Wildman–Crippen MR) is 82.0 cm³/mol. The van der Waals surface area contributed by atoms with E-state index in [2.05, 4.69) is 4.72 Å². The first-order chi connectivity index (χ1) is 10.00. The maximum absolute atomic E-state index is 12.2. The van der Waals surface area contributed by atoms with Crippen LogP contribution in [-0.4, -0.2) is 14.5 Å². The normalized spacial score (nSPS) is 13.2. The number of rotatable bonds is 7. The molecule has 0 radical (unpaired) electrons. The Kier molecular flexibility index (Phi) is 5.17. The fourth-order valence-electron chi connectivity index (χ4n) is 2.22. The summed E-state index contributed by atoms with van der Waals surface area (Å²) in [6.07, 6.45) is 2.10. The van der Waals surface area contributed by atoms with E-state index >= 15 is 0 Å². The van der Waals surface area contributed by atoms with Gasteiger partial charge in [0.05, 0.1) is 12.0 Å². The molecule has 0 aliphatic carbocycles. The highest BCUT2D eigenvalue weighted by atomic mass is 32.2. The topological polar surface area (TPSA) is 85.3 Å². The van der Waals surface area contributed by atoms with Crippen LogP contribution in [0.5, 0.6) is 0 Å². The van der Waals surface area contributed by atoms with Crippen LogP contribution >= 0.6 is 0 Å². The van der Waals surface area contributed by atoms with Crippen molar-refractivity contribution in [3.05, 3.63) is 59.5 Å². The van der Waals surface area contributed by atoms with Gasteiger partial charge in [0.1, 0.15) is 5.76 Å². The standard InChI is InChI=1S/C15H20N2O3S/c1-12(9-15-7-4-8-20-15)17-21(18,19)11-14-6-3-2-5-13(14)10-16/h2-8,12,17H,9-11,16H2,1H3. The third kappa shape index (κ3) is 4.70. The van der Waals surface area contributed by atoms with Crippen LogP contribution in [-0.2, 0) is 28.7 Å². The summed E-state index contributed by atoms with van der Waals surface area (Å²) in [5, 5.41) is 0. The van der Waals surface area contributed by atoms with Gasteiger partial charge in [-0.1, -0.05) is 24.3 Å². The molecule has 6 heteroatoms. The molecule has 1 atom stereocenters. The average molecular weight is 308 g/mol. The molecule has 114 valence electrons. The van der Waals surface area contributed by atoms with Gasteiger partial charge < -0.3 is 10.2 Å². The maximum atomic E-state index is 12.2. The summed E-state index contributed by atoms with van der Waals surface area (Å²) in [4.78, 5) is 0. The first-order valence-corrected chi connectivity index (χ1v) is 8.44. The van der Waals surface area contributed by atoms with Crippen molar-refractivity contribution in [2.24, 2.45) is 5.73 Å². The van der Waals surface area contributed by atoms with Crippen LogP contribution in [0.3, 0.4) is 0 Å². The lowest BCUT2D eigenvalue weighted by Crippen LogP contribution is -2.35. The van der Waals surface area contributed by atoms with Gasteiger partial charge in [0, 0.05) is 19.0 Å². The summed E-state index contributed by atoms with van der Waals surface area (Å²) in [7, 11) is -3.42. The van der Waals surface area contributed by atoms with Gasteiger partial charge in [-0.25, -0.2) is 13.1 Å². The molecule has 0 fully saturated rings. The molecular formula is C15H20N2O3S. The molecule has 0 bridgehead atoms. The molecule has 0 aliphatic heterocycles. The number of hydrogen-bond donors (Lipinski definition) is 2. The van der Waals surface area contributed by atoms with E-state index in [9.17, 15) is 8.42 Å². The van der Waals surface area contributed by atoms with Gasteiger partial charge in [-0.3, -0.25) is 0 Å².